The zero-order valence-corrected chi connectivity index (χ0v) is 23.0. The maximum Gasteiger partial charge on any atom is 0.320 e. The van der Waals surface area contributed by atoms with Crippen LogP contribution in [0.15, 0.2) is 30.3 Å². The van der Waals surface area contributed by atoms with Crippen molar-refractivity contribution >= 4 is 28.4 Å². The van der Waals surface area contributed by atoms with Crippen LogP contribution in [0.4, 0.5) is 16.3 Å². The van der Waals surface area contributed by atoms with Crippen molar-refractivity contribution < 1.29 is 14.3 Å². The van der Waals surface area contributed by atoms with Crippen LogP contribution in [0.3, 0.4) is 0 Å². The van der Waals surface area contributed by atoms with Crippen molar-refractivity contribution in [3.63, 3.8) is 0 Å². The molecular formula is C29H35N7O3. The van der Waals surface area contributed by atoms with Gasteiger partial charge in [-0.05, 0) is 44.0 Å². The summed E-state index contributed by atoms with van der Waals surface area (Å²) in [5.41, 5.74) is 4.43. The summed E-state index contributed by atoms with van der Waals surface area (Å²) in [6.07, 6.45) is 0. The molecule has 2 aliphatic rings. The number of methoxy groups -OCH3 is 1. The second-order valence-corrected chi connectivity index (χ2v) is 10.0. The average Bonchev–Trinajstić information content (AvgIpc) is 2.96. The standard InChI is InChI=1S/C29H35N7O3/c1-19-22(18-30)6-5-7-23(19)20(2)31-28-24-16-26(27(38-4)17-25(24)32-21(3)33-28)34-8-10-35(11-9-34)29(37)36-12-14-39-15-13-36/h5-7,16-17,20H,8-15H2,1-4H3,(H,31,32,33). The number of morpholine rings is 1. The number of benzene rings is 2. The maximum absolute atomic E-state index is 13.0. The van der Waals surface area contributed by atoms with Gasteiger partial charge in [0.2, 0.25) is 0 Å². The molecule has 2 saturated heterocycles. The summed E-state index contributed by atoms with van der Waals surface area (Å²) in [4.78, 5) is 28.5. The number of aromatic nitrogens is 2. The van der Waals surface area contributed by atoms with Gasteiger partial charge in [0.15, 0.2) is 0 Å². The topological polar surface area (TPSA) is 107 Å². The van der Waals surface area contributed by atoms with Crippen LogP contribution in [0.5, 0.6) is 5.75 Å². The summed E-state index contributed by atoms with van der Waals surface area (Å²) in [6, 6.07) is 12.1. The van der Waals surface area contributed by atoms with Crippen molar-refractivity contribution in [1.82, 2.24) is 19.8 Å². The number of hydrogen-bond acceptors (Lipinski definition) is 8. The number of urea groups is 1. The Balaban J connectivity index is 1.41. The molecule has 0 spiro atoms. The van der Waals surface area contributed by atoms with Crippen molar-refractivity contribution in [3.05, 3.63) is 52.8 Å². The summed E-state index contributed by atoms with van der Waals surface area (Å²) in [7, 11) is 1.67. The predicted molar refractivity (Wildman–Crippen MR) is 150 cm³/mol. The quantitative estimate of drug-likeness (QED) is 0.531. The van der Waals surface area contributed by atoms with Gasteiger partial charge in [-0.2, -0.15) is 5.26 Å². The number of piperazine rings is 1. The minimum Gasteiger partial charge on any atom is -0.495 e. The molecule has 39 heavy (non-hydrogen) atoms. The fourth-order valence-electron chi connectivity index (χ4n) is 5.40. The zero-order chi connectivity index (χ0) is 27.5. The lowest BCUT2D eigenvalue weighted by molar-refractivity contribution is 0.0428. The number of nitrogens with one attached hydrogen (secondary N) is 1. The highest BCUT2D eigenvalue weighted by atomic mass is 16.5. The van der Waals surface area contributed by atoms with E-state index in [-0.39, 0.29) is 12.1 Å². The minimum atomic E-state index is -0.0731. The van der Waals surface area contributed by atoms with E-state index in [4.69, 9.17) is 14.5 Å². The summed E-state index contributed by atoms with van der Waals surface area (Å²) in [6.45, 7) is 11.1. The fraction of sp³-hybridized carbons (Fsp3) is 0.448. The van der Waals surface area contributed by atoms with Gasteiger partial charge in [0, 0.05) is 50.7 Å². The number of ether oxygens (including phenoxy) is 2. The Kier molecular flexibility index (Phi) is 7.70. The Morgan fingerprint density at radius 1 is 1.08 bits per heavy atom. The van der Waals surface area contributed by atoms with Gasteiger partial charge < -0.3 is 29.5 Å². The zero-order valence-electron chi connectivity index (χ0n) is 23.0. The molecule has 2 fully saturated rings. The highest BCUT2D eigenvalue weighted by molar-refractivity contribution is 5.94. The van der Waals surface area contributed by atoms with E-state index < -0.39 is 0 Å². The lowest BCUT2D eigenvalue weighted by Crippen LogP contribution is -2.54. The molecule has 204 valence electrons. The molecule has 1 atom stereocenters. The van der Waals surface area contributed by atoms with E-state index >= 15 is 0 Å². The van der Waals surface area contributed by atoms with Crippen LogP contribution in [-0.4, -0.2) is 85.4 Å². The monoisotopic (exact) mass is 529 g/mol. The highest BCUT2D eigenvalue weighted by Gasteiger charge is 2.28. The maximum atomic E-state index is 13.0. The number of nitriles is 1. The molecule has 1 N–H and O–H groups in total. The Hall–Kier alpha value is -4.10. The number of carbonyl (C=O) groups excluding carboxylic acids is 1. The Morgan fingerprint density at radius 2 is 1.79 bits per heavy atom. The molecule has 1 unspecified atom stereocenters. The Bertz CT molecular complexity index is 1410. The van der Waals surface area contributed by atoms with Gasteiger partial charge in [0.05, 0.1) is 49.2 Å². The van der Waals surface area contributed by atoms with Crippen LogP contribution >= 0.6 is 0 Å². The number of fused-ring (bicyclic) bond motifs is 1. The molecule has 2 amide bonds. The normalized spacial score (nSPS) is 16.6. The Morgan fingerprint density at radius 3 is 2.49 bits per heavy atom. The Labute approximate surface area is 229 Å². The first-order valence-corrected chi connectivity index (χ1v) is 13.4. The van der Waals surface area contributed by atoms with E-state index in [0.717, 1.165) is 39.3 Å². The van der Waals surface area contributed by atoms with E-state index in [1.807, 2.05) is 47.9 Å². The van der Waals surface area contributed by atoms with E-state index in [2.05, 4.69) is 34.3 Å². The molecule has 2 aromatic carbocycles. The number of nitrogens with zero attached hydrogens (tertiary/aromatic N) is 6. The van der Waals surface area contributed by atoms with Gasteiger partial charge in [0.25, 0.3) is 0 Å². The number of amides is 2. The summed E-state index contributed by atoms with van der Waals surface area (Å²) in [5.74, 6) is 2.13. The van der Waals surface area contributed by atoms with Crippen LogP contribution in [0.2, 0.25) is 0 Å². The lowest BCUT2D eigenvalue weighted by atomic mass is 9.98. The lowest BCUT2D eigenvalue weighted by Gasteiger charge is -2.39. The molecule has 10 nitrogen and oxygen atoms in total. The first-order chi connectivity index (χ1) is 18.9. The molecule has 1 aromatic heterocycles. The molecule has 0 bridgehead atoms. The smallest absolute Gasteiger partial charge is 0.320 e. The summed E-state index contributed by atoms with van der Waals surface area (Å²) >= 11 is 0. The number of hydrogen-bond donors (Lipinski definition) is 1. The predicted octanol–water partition coefficient (Wildman–Crippen LogP) is 3.87. The van der Waals surface area contributed by atoms with Crippen LogP contribution in [0.25, 0.3) is 10.9 Å². The minimum absolute atomic E-state index is 0.0731. The third-order valence-electron chi connectivity index (χ3n) is 7.60. The third-order valence-corrected chi connectivity index (χ3v) is 7.60. The van der Waals surface area contributed by atoms with Gasteiger partial charge in [-0.25, -0.2) is 14.8 Å². The molecule has 3 aromatic rings. The SMILES string of the molecule is COc1cc2nc(C)nc(NC(C)c3cccc(C#N)c3C)c2cc1N1CCN(C(=O)N2CCOCC2)CC1. The molecule has 5 rings (SSSR count). The number of rotatable bonds is 5. The molecule has 0 saturated carbocycles. The van der Waals surface area contributed by atoms with Crippen molar-refractivity contribution in [3.8, 4) is 11.8 Å². The van der Waals surface area contributed by atoms with Crippen molar-refractivity contribution in [2.45, 2.75) is 26.8 Å². The molecule has 0 radical (unpaired) electrons. The number of anilines is 2. The van der Waals surface area contributed by atoms with E-state index in [0.29, 0.717) is 63.9 Å². The van der Waals surface area contributed by atoms with Crippen LogP contribution in [0.1, 0.15) is 35.5 Å². The molecule has 3 heterocycles. The van der Waals surface area contributed by atoms with Crippen LogP contribution < -0.4 is 15.0 Å². The van der Waals surface area contributed by atoms with Gasteiger partial charge >= 0.3 is 6.03 Å². The largest absolute Gasteiger partial charge is 0.495 e. The molecule has 0 aliphatic carbocycles. The summed E-state index contributed by atoms with van der Waals surface area (Å²) in [5, 5.41) is 13.9. The molecular weight excluding hydrogens is 494 g/mol. The second-order valence-electron chi connectivity index (χ2n) is 10.0. The first-order valence-electron chi connectivity index (χ1n) is 13.4. The second kappa shape index (κ2) is 11.3. The van der Waals surface area contributed by atoms with Crippen molar-refractivity contribution in [2.24, 2.45) is 0 Å². The highest BCUT2D eigenvalue weighted by Crippen LogP contribution is 2.36. The van der Waals surface area contributed by atoms with Crippen LogP contribution in [0, 0.1) is 25.2 Å². The summed E-state index contributed by atoms with van der Waals surface area (Å²) < 4.78 is 11.2. The van der Waals surface area contributed by atoms with Gasteiger partial charge in [-0.1, -0.05) is 12.1 Å². The van der Waals surface area contributed by atoms with Gasteiger partial charge in [-0.3, -0.25) is 0 Å². The molecule has 10 heteroatoms. The average molecular weight is 530 g/mol. The van der Waals surface area contributed by atoms with Crippen LogP contribution in [-0.2, 0) is 4.74 Å². The fourth-order valence-corrected chi connectivity index (χ4v) is 5.40. The van der Waals surface area contributed by atoms with Gasteiger partial charge in [0.1, 0.15) is 17.4 Å². The molecule has 2 aliphatic heterocycles. The van der Waals surface area contributed by atoms with E-state index in [1.54, 1.807) is 7.11 Å². The van der Waals surface area contributed by atoms with Gasteiger partial charge in [-0.15, -0.1) is 0 Å². The van der Waals surface area contributed by atoms with E-state index in [9.17, 15) is 10.1 Å². The number of carbonyl (C=O) groups is 1. The van der Waals surface area contributed by atoms with E-state index in [1.165, 1.54) is 0 Å². The third kappa shape index (κ3) is 5.40. The first kappa shape index (κ1) is 26.5. The van der Waals surface area contributed by atoms with Crippen molar-refractivity contribution in [1.29, 1.82) is 5.26 Å². The van der Waals surface area contributed by atoms with Crippen molar-refractivity contribution in [2.75, 3.05) is 69.8 Å². The number of aryl methyl sites for hydroxylation is 1.